The molecule has 0 aliphatic carbocycles. The van der Waals surface area contributed by atoms with E-state index in [9.17, 15) is 0 Å². The Morgan fingerprint density at radius 2 is 1.85 bits per heavy atom. The summed E-state index contributed by atoms with van der Waals surface area (Å²) in [5.41, 5.74) is 2.05. The average Bonchev–Trinajstić information content (AvgIpc) is 2.49. The molecule has 1 N–H and O–H groups in total. The molecular weight excluding hydrogens is 314 g/mol. The van der Waals surface area contributed by atoms with Crippen LogP contribution in [0.3, 0.4) is 0 Å². The minimum absolute atomic E-state index is 0.350. The highest BCUT2D eigenvalue weighted by atomic mass is 79.9. The normalized spacial score (nSPS) is 12.2. The van der Waals surface area contributed by atoms with E-state index in [1.165, 1.54) is 0 Å². The molecule has 0 bridgehead atoms. The van der Waals surface area contributed by atoms with Gasteiger partial charge in [0.1, 0.15) is 11.6 Å². The number of benzene rings is 1. The maximum Gasteiger partial charge on any atom is 0.144 e. The Labute approximate surface area is 129 Å². The molecule has 0 aliphatic heterocycles. The number of hydrogen-bond donors (Lipinski definition) is 1. The van der Waals surface area contributed by atoms with Crippen LogP contribution >= 0.6 is 15.9 Å². The highest BCUT2D eigenvalue weighted by molar-refractivity contribution is 9.10. The molecule has 1 aromatic heterocycles. The van der Waals surface area contributed by atoms with Gasteiger partial charge in [0.25, 0.3) is 0 Å². The lowest BCUT2D eigenvalue weighted by Crippen LogP contribution is -2.08. The van der Waals surface area contributed by atoms with E-state index in [1.807, 2.05) is 18.2 Å². The van der Waals surface area contributed by atoms with E-state index in [4.69, 9.17) is 4.98 Å². The van der Waals surface area contributed by atoms with Crippen LogP contribution in [0.5, 0.6) is 0 Å². The van der Waals surface area contributed by atoms with Gasteiger partial charge in [-0.25, -0.2) is 9.97 Å². The molecule has 0 radical (unpaired) electrons. The van der Waals surface area contributed by atoms with Gasteiger partial charge in [-0.05, 0) is 29.3 Å². The fourth-order valence-electron chi connectivity index (χ4n) is 1.94. The van der Waals surface area contributed by atoms with E-state index in [1.54, 1.807) is 0 Å². The Hall–Kier alpha value is -1.42. The third-order valence-electron chi connectivity index (χ3n) is 3.31. The van der Waals surface area contributed by atoms with Crippen molar-refractivity contribution < 1.29 is 0 Å². The second-order valence-corrected chi connectivity index (χ2v) is 5.59. The van der Waals surface area contributed by atoms with Crippen LogP contribution in [-0.2, 0) is 0 Å². The predicted octanol–water partition coefficient (Wildman–Crippen LogP) is 4.85. The molecule has 0 fully saturated rings. The maximum absolute atomic E-state index is 4.76. The molecule has 0 spiro atoms. The summed E-state index contributed by atoms with van der Waals surface area (Å²) in [6.07, 6.45) is 1.03. The zero-order valence-corrected chi connectivity index (χ0v) is 13.7. The first-order valence-corrected chi connectivity index (χ1v) is 7.83. The van der Waals surface area contributed by atoms with Gasteiger partial charge < -0.3 is 5.32 Å². The summed E-state index contributed by atoms with van der Waals surface area (Å²) in [7, 11) is 0. The molecule has 1 unspecified atom stereocenters. The molecule has 0 amide bonds. The van der Waals surface area contributed by atoms with Crippen LogP contribution in [0.25, 0.3) is 11.3 Å². The molecule has 1 atom stereocenters. The highest BCUT2D eigenvalue weighted by Gasteiger charge is 2.16. The van der Waals surface area contributed by atoms with Gasteiger partial charge in [0.15, 0.2) is 0 Å². The number of hydrogen-bond acceptors (Lipinski definition) is 3. The van der Waals surface area contributed by atoms with Gasteiger partial charge in [-0.1, -0.05) is 44.2 Å². The van der Waals surface area contributed by atoms with E-state index in [0.717, 1.165) is 40.3 Å². The van der Waals surface area contributed by atoms with Crippen molar-refractivity contribution in [2.24, 2.45) is 0 Å². The number of rotatable bonds is 5. The van der Waals surface area contributed by atoms with Gasteiger partial charge >= 0.3 is 0 Å². The summed E-state index contributed by atoms with van der Waals surface area (Å²) in [6.45, 7) is 7.22. The monoisotopic (exact) mass is 333 g/mol. The van der Waals surface area contributed by atoms with Crippen molar-refractivity contribution >= 4 is 21.7 Å². The second kappa shape index (κ2) is 6.84. The Morgan fingerprint density at radius 3 is 2.45 bits per heavy atom. The molecule has 4 heteroatoms. The van der Waals surface area contributed by atoms with Gasteiger partial charge in [-0.15, -0.1) is 0 Å². The van der Waals surface area contributed by atoms with Crippen LogP contribution in [0.15, 0.2) is 34.8 Å². The number of aromatic nitrogens is 2. The standard InChI is InChI=1S/C16H20BrN3/c1-4-11(3)15-19-14(12-9-7-6-8-10-12)13(17)16(20-15)18-5-2/h6-11H,4-5H2,1-3H3,(H,18,19,20). The van der Waals surface area contributed by atoms with Gasteiger partial charge in [-0.2, -0.15) is 0 Å². The van der Waals surface area contributed by atoms with Crippen molar-refractivity contribution in [1.29, 1.82) is 0 Å². The van der Waals surface area contributed by atoms with Crippen LogP contribution in [0.2, 0.25) is 0 Å². The topological polar surface area (TPSA) is 37.8 Å². The number of halogens is 1. The minimum Gasteiger partial charge on any atom is -0.369 e. The van der Waals surface area contributed by atoms with Crippen molar-refractivity contribution in [1.82, 2.24) is 9.97 Å². The summed E-state index contributed by atoms with van der Waals surface area (Å²) in [4.78, 5) is 9.41. The molecule has 2 aromatic rings. The molecule has 0 saturated carbocycles. The van der Waals surface area contributed by atoms with Crippen LogP contribution in [-0.4, -0.2) is 16.5 Å². The van der Waals surface area contributed by atoms with Crippen LogP contribution < -0.4 is 5.32 Å². The van der Waals surface area contributed by atoms with E-state index in [0.29, 0.717) is 5.92 Å². The van der Waals surface area contributed by atoms with Gasteiger partial charge in [-0.3, -0.25) is 0 Å². The van der Waals surface area contributed by atoms with Crippen molar-refractivity contribution in [2.45, 2.75) is 33.1 Å². The Bertz CT molecular complexity index is 569. The largest absolute Gasteiger partial charge is 0.369 e. The number of nitrogens with one attached hydrogen (secondary N) is 1. The molecule has 1 aromatic carbocycles. The van der Waals surface area contributed by atoms with Gasteiger partial charge in [0, 0.05) is 18.0 Å². The molecule has 2 rings (SSSR count). The minimum atomic E-state index is 0.350. The smallest absolute Gasteiger partial charge is 0.144 e. The van der Waals surface area contributed by atoms with Gasteiger partial charge in [0.05, 0.1) is 10.2 Å². The third-order valence-corrected chi connectivity index (χ3v) is 4.06. The van der Waals surface area contributed by atoms with Crippen molar-refractivity contribution in [3.63, 3.8) is 0 Å². The van der Waals surface area contributed by atoms with E-state index in [2.05, 4.69) is 59.1 Å². The van der Waals surface area contributed by atoms with E-state index in [-0.39, 0.29) is 0 Å². The summed E-state index contributed by atoms with van der Waals surface area (Å²) in [6, 6.07) is 10.2. The molecule has 3 nitrogen and oxygen atoms in total. The first-order chi connectivity index (χ1) is 9.67. The highest BCUT2D eigenvalue weighted by Crippen LogP contribution is 2.33. The van der Waals surface area contributed by atoms with Crippen LogP contribution in [0.4, 0.5) is 5.82 Å². The van der Waals surface area contributed by atoms with E-state index < -0.39 is 0 Å². The van der Waals surface area contributed by atoms with E-state index >= 15 is 0 Å². The third kappa shape index (κ3) is 3.18. The summed E-state index contributed by atoms with van der Waals surface area (Å²) < 4.78 is 0.928. The lowest BCUT2D eigenvalue weighted by molar-refractivity contribution is 0.679. The fraction of sp³-hybridized carbons (Fsp3) is 0.375. The molecule has 0 saturated heterocycles. The quantitative estimate of drug-likeness (QED) is 0.849. The Kier molecular flexibility index (Phi) is 5.12. The first kappa shape index (κ1) is 15.0. The summed E-state index contributed by atoms with van der Waals surface area (Å²) in [5.74, 6) is 2.12. The lowest BCUT2D eigenvalue weighted by atomic mass is 10.1. The second-order valence-electron chi connectivity index (χ2n) is 4.80. The molecular formula is C16H20BrN3. The summed E-state index contributed by atoms with van der Waals surface area (Å²) in [5, 5.41) is 3.31. The number of nitrogens with zero attached hydrogens (tertiary/aromatic N) is 2. The van der Waals surface area contributed by atoms with Crippen molar-refractivity contribution in [2.75, 3.05) is 11.9 Å². The molecule has 1 heterocycles. The van der Waals surface area contributed by atoms with Crippen molar-refractivity contribution in [3.8, 4) is 11.3 Å². The molecule has 0 aliphatic rings. The van der Waals surface area contributed by atoms with Crippen LogP contribution in [0, 0.1) is 0 Å². The molecule has 20 heavy (non-hydrogen) atoms. The zero-order valence-electron chi connectivity index (χ0n) is 12.2. The first-order valence-electron chi connectivity index (χ1n) is 7.04. The van der Waals surface area contributed by atoms with Gasteiger partial charge in [0.2, 0.25) is 0 Å². The zero-order chi connectivity index (χ0) is 14.5. The number of anilines is 1. The Morgan fingerprint density at radius 1 is 1.15 bits per heavy atom. The lowest BCUT2D eigenvalue weighted by Gasteiger charge is -2.15. The van der Waals surface area contributed by atoms with Crippen LogP contribution in [0.1, 0.15) is 38.9 Å². The fourth-order valence-corrected chi connectivity index (χ4v) is 2.49. The predicted molar refractivity (Wildman–Crippen MR) is 88.0 cm³/mol. The summed E-state index contributed by atoms with van der Waals surface area (Å²) >= 11 is 3.64. The average molecular weight is 334 g/mol. The SMILES string of the molecule is CCNc1nc(C(C)CC)nc(-c2ccccc2)c1Br. The Balaban J connectivity index is 2.57. The maximum atomic E-state index is 4.76. The van der Waals surface area contributed by atoms with Crippen molar-refractivity contribution in [3.05, 3.63) is 40.6 Å². The molecule has 106 valence electrons.